The molecule has 0 aromatic rings. The van der Waals surface area contributed by atoms with Gasteiger partial charge < -0.3 is 20.8 Å². The fraction of sp³-hybridized carbons (Fsp3) is 0.333. The van der Waals surface area contributed by atoms with E-state index in [0.29, 0.717) is 11.5 Å². The van der Waals surface area contributed by atoms with Crippen LogP contribution in [0.5, 0.6) is 0 Å². The molecule has 0 aliphatic carbocycles. The third kappa shape index (κ3) is 6.95. The van der Waals surface area contributed by atoms with Gasteiger partial charge in [0.25, 0.3) is 0 Å². The molecule has 0 spiro atoms. The van der Waals surface area contributed by atoms with Gasteiger partial charge >= 0.3 is 0 Å². The topological polar surface area (TPSA) is 130 Å². The molecule has 0 heterocycles. The zero-order valence-electron chi connectivity index (χ0n) is 7.96. The van der Waals surface area contributed by atoms with E-state index in [1.165, 1.54) is 0 Å². The number of hydrogen-bond acceptors (Lipinski definition) is 10. The van der Waals surface area contributed by atoms with Crippen molar-refractivity contribution in [1.29, 1.82) is 0 Å². The van der Waals surface area contributed by atoms with Crippen LogP contribution >= 0.6 is 23.5 Å². The van der Waals surface area contributed by atoms with Gasteiger partial charge in [-0.3, -0.25) is 0 Å². The second-order valence-electron chi connectivity index (χ2n) is 2.06. The summed E-state index contributed by atoms with van der Waals surface area (Å²) >= 11 is 2.29. The Labute approximate surface area is 99.4 Å². The average molecular weight is 266 g/mol. The van der Waals surface area contributed by atoms with Gasteiger partial charge in [0.15, 0.2) is 10.1 Å². The number of oxime groups is 4. The molecule has 8 nitrogen and oxygen atoms in total. The number of nitrogens with zero attached hydrogens (tertiary/aromatic N) is 4. The van der Waals surface area contributed by atoms with Crippen LogP contribution in [0.4, 0.5) is 0 Å². The molecule has 0 aromatic carbocycles. The quantitative estimate of drug-likeness (QED) is 0.193. The largest absolute Gasteiger partial charge is 0.411 e. The molecule has 0 amide bonds. The van der Waals surface area contributed by atoms with Crippen LogP contribution in [-0.2, 0) is 0 Å². The molecule has 0 rings (SSSR count). The SMILES string of the molecule is O/N=C/C(=N\O)SCCSC(/C=N/O)=N/O. The lowest BCUT2D eigenvalue weighted by Crippen LogP contribution is -2.00. The third-order valence-corrected chi connectivity index (χ3v) is 3.16. The molecule has 0 aliphatic heterocycles. The van der Waals surface area contributed by atoms with Crippen molar-refractivity contribution in [2.45, 2.75) is 0 Å². The summed E-state index contributed by atoms with van der Waals surface area (Å²) < 4.78 is 0. The first-order valence-corrected chi connectivity index (χ1v) is 5.80. The van der Waals surface area contributed by atoms with Crippen molar-refractivity contribution in [2.75, 3.05) is 11.5 Å². The van der Waals surface area contributed by atoms with Crippen molar-refractivity contribution in [2.24, 2.45) is 20.6 Å². The molecule has 16 heavy (non-hydrogen) atoms. The summed E-state index contributed by atoms with van der Waals surface area (Å²) in [5.74, 6) is 1.04. The maximum Gasteiger partial charge on any atom is 0.157 e. The Kier molecular flexibility index (Phi) is 9.21. The summed E-state index contributed by atoms with van der Waals surface area (Å²) in [5.41, 5.74) is 0. The van der Waals surface area contributed by atoms with E-state index in [4.69, 9.17) is 20.8 Å². The molecule has 0 aromatic heterocycles. The highest BCUT2D eigenvalue weighted by atomic mass is 32.2. The Morgan fingerprint density at radius 1 is 0.812 bits per heavy atom. The minimum atomic E-state index is 0.154. The molecule has 0 radical (unpaired) electrons. The van der Waals surface area contributed by atoms with Gasteiger partial charge in [0.1, 0.15) is 12.4 Å². The van der Waals surface area contributed by atoms with Crippen LogP contribution in [-0.4, -0.2) is 54.9 Å². The summed E-state index contributed by atoms with van der Waals surface area (Å²) in [6.45, 7) is 0. The van der Waals surface area contributed by atoms with E-state index < -0.39 is 0 Å². The Balaban J connectivity index is 3.83. The maximum absolute atomic E-state index is 8.44. The zero-order chi connectivity index (χ0) is 12.2. The Morgan fingerprint density at radius 3 is 1.44 bits per heavy atom. The predicted octanol–water partition coefficient (Wildman–Crippen LogP) is 0.948. The van der Waals surface area contributed by atoms with Gasteiger partial charge in [0.2, 0.25) is 0 Å². The minimum Gasteiger partial charge on any atom is -0.411 e. The summed E-state index contributed by atoms with van der Waals surface area (Å²) in [7, 11) is 0. The van der Waals surface area contributed by atoms with Gasteiger partial charge in [-0.25, -0.2) is 0 Å². The van der Waals surface area contributed by atoms with Crippen molar-refractivity contribution in [1.82, 2.24) is 0 Å². The second-order valence-corrected chi connectivity index (χ2v) is 4.29. The van der Waals surface area contributed by atoms with Crippen molar-refractivity contribution >= 4 is 46.0 Å². The van der Waals surface area contributed by atoms with E-state index in [0.717, 1.165) is 36.0 Å². The van der Waals surface area contributed by atoms with Crippen molar-refractivity contribution < 1.29 is 20.8 Å². The van der Waals surface area contributed by atoms with E-state index in [2.05, 4.69) is 20.6 Å². The van der Waals surface area contributed by atoms with Crippen LogP contribution < -0.4 is 0 Å². The van der Waals surface area contributed by atoms with Crippen molar-refractivity contribution in [3.8, 4) is 0 Å². The first-order valence-electron chi connectivity index (χ1n) is 3.83. The first kappa shape index (κ1) is 14.6. The highest BCUT2D eigenvalue weighted by molar-refractivity contribution is 8.18. The molecule has 0 atom stereocenters. The maximum atomic E-state index is 8.44. The molecule has 0 bridgehead atoms. The van der Waals surface area contributed by atoms with E-state index in [1.807, 2.05) is 0 Å². The number of hydrogen-bond donors (Lipinski definition) is 4. The summed E-state index contributed by atoms with van der Waals surface area (Å²) in [5, 5.41) is 44.7. The Morgan fingerprint density at radius 2 is 1.19 bits per heavy atom. The zero-order valence-corrected chi connectivity index (χ0v) is 9.60. The van der Waals surface area contributed by atoms with Crippen molar-refractivity contribution in [3.05, 3.63) is 0 Å². The normalized spacial score (nSPS) is 14.0. The smallest absolute Gasteiger partial charge is 0.157 e. The van der Waals surface area contributed by atoms with Crippen molar-refractivity contribution in [3.63, 3.8) is 0 Å². The first-order chi connectivity index (χ1) is 7.78. The van der Waals surface area contributed by atoms with Gasteiger partial charge in [-0.15, -0.1) is 23.5 Å². The molecule has 0 saturated carbocycles. The second kappa shape index (κ2) is 10.1. The summed E-state index contributed by atoms with van der Waals surface area (Å²) in [6, 6.07) is 0. The minimum absolute atomic E-state index is 0.154. The molecule has 90 valence electrons. The van der Waals surface area contributed by atoms with Gasteiger partial charge in [-0.05, 0) is 0 Å². The van der Waals surface area contributed by atoms with E-state index in [9.17, 15) is 0 Å². The van der Waals surface area contributed by atoms with Crippen LogP contribution in [0, 0.1) is 0 Å². The van der Waals surface area contributed by atoms with Gasteiger partial charge in [0.05, 0.1) is 0 Å². The highest BCUT2D eigenvalue weighted by Gasteiger charge is 2.01. The lowest BCUT2D eigenvalue weighted by atomic mass is 10.8. The standard InChI is InChI=1S/C6H10N4O4S2/c11-7-3-5(9-13)15-1-2-16-6(10-14)4-8-12/h3-4,11-14H,1-2H2/b7-3+,8-4+,9-5+,10-6+. The van der Waals surface area contributed by atoms with Gasteiger partial charge in [-0.1, -0.05) is 20.6 Å². The fourth-order valence-electron chi connectivity index (χ4n) is 0.575. The lowest BCUT2D eigenvalue weighted by molar-refractivity contribution is 0.317. The fourth-order valence-corrected chi connectivity index (χ4v) is 2.02. The molecule has 0 aliphatic rings. The number of rotatable bonds is 5. The van der Waals surface area contributed by atoms with Crippen LogP contribution in [0.25, 0.3) is 0 Å². The van der Waals surface area contributed by atoms with Gasteiger partial charge in [-0.2, -0.15) is 0 Å². The molecule has 0 saturated heterocycles. The monoisotopic (exact) mass is 266 g/mol. The van der Waals surface area contributed by atoms with Crippen LogP contribution in [0.15, 0.2) is 20.6 Å². The molecule has 0 unspecified atom stereocenters. The van der Waals surface area contributed by atoms with Crippen LogP contribution in [0.1, 0.15) is 0 Å². The van der Waals surface area contributed by atoms with E-state index in [-0.39, 0.29) is 10.1 Å². The Hall–Kier alpha value is -1.42. The average Bonchev–Trinajstić information content (AvgIpc) is 2.31. The summed E-state index contributed by atoms with van der Waals surface area (Å²) in [6.07, 6.45) is 1.98. The third-order valence-electron chi connectivity index (χ3n) is 1.12. The molecule has 10 heteroatoms. The molecule has 4 N–H and O–H groups in total. The van der Waals surface area contributed by atoms with Crippen LogP contribution in [0.2, 0.25) is 0 Å². The summed E-state index contributed by atoms with van der Waals surface area (Å²) in [4.78, 5) is 0. The van der Waals surface area contributed by atoms with Crippen LogP contribution in [0.3, 0.4) is 0 Å². The number of thioether (sulfide) groups is 2. The molecular formula is C6H10N4O4S2. The Bertz CT molecular complexity index is 275. The predicted molar refractivity (Wildman–Crippen MR) is 63.9 cm³/mol. The van der Waals surface area contributed by atoms with E-state index in [1.54, 1.807) is 0 Å². The van der Waals surface area contributed by atoms with Gasteiger partial charge in [0, 0.05) is 11.5 Å². The lowest BCUT2D eigenvalue weighted by Gasteiger charge is -1.98. The molecule has 0 fully saturated rings. The highest BCUT2D eigenvalue weighted by Crippen LogP contribution is 2.09. The van der Waals surface area contributed by atoms with E-state index >= 15 is 0 Å². The molecular weight excluding hydrogens is 256 g/mol.